The van der Waals surface area contributed by atoms with Crippen molar-refractivity contribution in [3.63, 3.8) is 0 Å². The van der Waals surface area contributed by atoms with E-state index in [1.165, 1.54) is 0 Å². The van der Waals surface area contributed by atoms with Crippen molar-refractivity contribution in [1.82, 2.24) is 14.8 Å². The number of nitrogens with zero attached hydrogens (tertiary/aromatic N) is 2. The molecule has 0 atom stereocenters. The Hall–Kier alpha value is -0.850. The molecule has 0 unspecified atom stereocenters. The third kappa shape index (κ3) is 1.92. The zero-order chi connectivity index (χ0) is 11.0. The lowest BCUT2D eigenvalue weighted by atomic mass is 10.3. The number of hydrogen-bond donors (Lipinski definition) is 2. The van der Waals surface area contributed by atoms with E-state index >= 15 is 0 Å². The molecule has 0 amide bonds. The van der Waals surface area contributed by atoms with Gasteiger partial charge in [0, 0.05) is 4.47 Å². The lowest BCUT2D eigenvalue weighted by Gasteiger charge is -2.06. The van der Waals surface area contributed by atoms with Crippen molar-refractivity contribution in [3.8, 4) is 5.69 Å². The van der Waals surface area contributed by atoms with Crippen molar-refractivity contribution >= 4 is 45.7 Å². The molecule has 0 fully saturated rings. The summed E-state index contributed by atoms with van der Waals surface area (Å²) in [6.45, 7) is 0. The summed E-state index contributed by atoms with van der Waals surface area (Å²) >= 11 is 14.4. The molecule has 2 aromatic rings. The van der Waals surface area contributed by atoms with Gasteiger partial charge in [-0.1, -0.05) is 27.5 Å². The largest absolute Gasteiger partial charge is 0.368 e. The van der Waals surface area contributed by atoms with Crippen LogP contribution in [0.5, 0.6) is 0 Å². The van der Waals surface area contributed by atoms with Gasteiger partial charge >= 0.3 is 0 Å². The van der Waals surface area contributed by atoms with Gasteiger partial charge < -0.3 is 5.73 Å². The van der Waals surface area contributed by atoms with Gasteiger partial charge in [0.15, 0.2) is 0 Å². The fraction of sp³-hybridized carbons (Fsp3) is 0. The van der Waals surface area contributed by atoms with E-state index in [1.54, 1.807) is 10.6 Å². The van der Waals surface area contributed by atoms with Gasteiger partial charge in [0.1, 0.15) is 0 Å². The zero-order valence-corrected chi connectivity index (χ0v) is 10.5. The second-order valence-corrected chi connectivity index (χ2v) is 4.53. The molecule has 1 heterocycles. The Balaban J connectivity index is 2.74. The first-order valence-electron chi connectivity index (χ1n) is 3.98. The van der Waals surface area contributed by atoms with E-state index in [0.717, 1.165) is 4.47 Å². The first-order valence-corrected chi connectivity index (χ1v) is 5.56. The Bertz CT molecular complexity index is 562. The number of anilines is 1. The molecule has 0 aliphatic rings. The first kappa shape index (κ1) is 10.7. The van der Waals surface area contributed by atoms with Crippen molar-refractivity contribution in [1.29, 1.82) is 0 Å². The third-order valence-corrected chi connectivity index (χ3v) is 2.93. The Morgan fingerprint density at radius 2 is 2.27 bits per heavy atom. The molecule has 7 heteroatoms. The Morgan fingerprint density at radius 1 is 1.53 bits per heavy atom. The smallest absolute Gasteiger partial charge is 0.225 e. The van der Waals surface area contributed by atoms with E-state index in [2.05, 4.69) is 26.1 Å². The number of aromatic amines is 1. The quantitative estimate of drug-likeness (QED) is 0.796. The normalized spacial score (nSPS) is 10.5. The number of nitrogens with two attached hydrogens (primary N) is 1. The summed E-state index contributed by atoms with van der Waals surface area (Å²) in [6.07, 6.45) is 0. The van der Waals surface area contributed by atoms with Gasteiger partial charge in [-0.05, 0) is 30.4 Å². The van der Waals surface area contributed by atoms with Gasteiger partial charge in [-0.15, -0.1) is 5.10 Å². The van der Waals surface area contributed by atoms with Crippen LogP contribution in [0.15, 0.2) is 22.7 Å². The van der Waals surface area contributed by atoms with Crippen LogP contribution in [0.4, 0.5) is 5.95 Å². The van der Waals surface area contributed by atoms with Crippen LogP contribution in [0, 0.1) is 4.77 Å². The van der Waals surface area contributed by atoms with Gasteiger partial charge in [-0.2, -0.15) is 0 Å². The van der Waals surface area contributed by atoms with E-state index in [9.17, 15) is 0 Å². The van der Waals surface area contributed by atoms with Crippen molar-refractivity contribution in [3.05, 3.63) is 32.5 Å². The molecule has 0 bridgehead atoms. The molecule has 3 N–H and O–H groups in total. The Morgan fingerprint density at radius 3 is 2.87 bits per heavy atom. The molecule has 2 rings (SSSR count). The standard InChI is InChI=1S/C8H6BrClN4S/c9-4-1-2-5(10)6(3-4)14-7(11)12-13-8(14)15/h1-3H,(H2,11,12)(H,13,15). The minimum atomic E-state index is 0.278. The van der Waals surface area contributed by atoms with E-state index in [0.29, 0.717) is 15.5 Å². The van der Waals surface area contributed by atoms with Crippen LogP contribution >= 0.6 is 39.7 Å². The summed E-state index contributed by atoms with van der Waals surface area (Å²) < 4.78 is 2.87. The van der Waals surface area contributed by atoms with Crippen LogP contribution < -0.4 is 5.73 Å². The lowest BCUT2D eigenvalue weighted by molar-refractivity contribution is 1.04. The molecule has 0 aliphatic carbocycles. The highest BCUT2D eigenvalue weighted by Gasteiger charge is 2.08. The molecule has 0 radical (unpaired) electrons. The molecule has 78 valence electrons. The van der Waals surface area contributed by atoms with Crippen LogP contribution in [-0.4, -0.2) is 14.8 Å². The fourth-order valence-corrected chi connectivity index (χ4v) is 1.99. The highest BCUT2D eigenvalue weighted by molar-refractivity contribution is 9.10. The number of rotatable bonds is 1. The van der Waals surface area contributed by atoms with Crippen molar-refractivity contribution in [2.75, 3.05) is 5.73 Å². The van der Waals surface area contributed by atoms with Crippen LogP contribution in [0.1, 0.15) is 0 Å². The molecule has 0 aliphatic heterocycles. The van der Waals surface area contributed by atoms with Gasteiger partial charge in [-0.3, -0.25) is 4.57 Å². The van der Waals surface area contributed by atoms with Crippen LogP contribution in [0.25, 0.3) is 5.69 Å². The number of nitrogen functional groups attached to an aromatic ring is 1. The summed E-state index contributed by atoms with van der Waals surface area (Å²) in [5, 5.41) is 6.97. The molecule has 4 nitrogen and oxygen atoms in total. The molecule has 15 heavy (non-hydrogen) atoms. The van der Waals surface area contributed by atoms with Crippen molar-refractivity contribution in [2.45, 2.75) is 0 Å². The minimum Gasteiger partial charge on any atom is -0.368 e. The second kappa shape index (κ2) is 3.96. The summed E-state index contributed by atoms with van der Waals surface area (Å²) in [7, 11) is 0. The molecular weight excluding hydrogens is 300 g/mol. The highest BCUT2D eigenvalue weighted by atomic mass is 79.9. The lowest BCUT2D eigenvalue weighted by Crippen LogP contribution is -2.01. The Labute approximate surface area is 104 Å². The number of nitrogens with one attached hydrogen (secondary N) is 1. The van der Waals surface area contributed by atoms with Crippen LogP contribution in [0.3, 0.4) is 0 Å². The SMILES string of the molecule is Nc1n[nH]c(=S)n1-c1cc(Br)ccc1Cl. The molecule has 0 saturated carbocycles. The Kier molecular flexibility index (Phi) is 2.81. The monoisotopic (exact) mass is 304 g/mol. The summed E-state index contributed by atoms with van der Waals surface area (Å²) in [5.74, 6) is 0.278. The number of halogens is 2. The zero-order valence-electron chi connectivity index (χ0n) is 7.37. The molecule has 0 spiro atoms. The summed E-state index contributed by atoms with van der Waals surface area (Å²) in [5.41, 5.74) is 6.37. The van der Waals surface area contributed by atoms with Gasteiger partial charge in [0.05, 0.1) is 10.7 Å². The maximum absolute atomic E-state index is 6.05. The van der Waals surface area contributed by atoms with E-state index in [1.807, 2.05) is 12.1 Å². The predicted octanol–water partition coefficient (Wildman–Crippen LogP) is 2.93. The maximum Gasteiger partial charge on any atom is 0.225 e. The van der Waals surface area contributed by atoms with E-state index in [-0.39, 0.29) is 5.95 Å². The van der Waals surface area contributed by atoms with Crippen molar-refractivity contribution < 1.29 is 0 Å². The molecular formula is C8H6BrClN4S. The second-order valence-electron chi connectivity index (χ2n) is 2.82. The fourth-order valence-electron chi connectivity index (χ4n) is 1.20. The van der Waals surface area contributed by atoms with Gasteiger partial charge in [-0.25, -0.2) is 5.10 Å². The minimum absolute atomic E-state index is 0.278. The van der Waals surface area contributed by atoms with Crippen molar-refractivity contribution in [2.24, 2.45) is 0 Å². The van der Waals surface area contributed by atoms with Crippen LogP contribution in [0.2, 0.25) is 5.02 Å². The summed E-state index contributed by atoms with van der Waals surface area (Å²) in [6, 6.07) is 5.42. The number of benzene rings is 1. The highest BCUT2D eigenvalue weighted by Crippen LogP contribution is 2.26. The number of aromatic nitrogens is 3. The molecule has 1 aromatic carbocycles. The van der Waals surface area contributed by atoms with Crippen LogP contribution in [-0.2, 0) is 0 Å². The van der Waals surface area contributed by atoms with E-state index < -0.39 is 0 Å². The van der Waals surface area contributed by atoms with Gasteiger partial charge in [0.2, 0.25) is 10.7 Å². The average Bonchev–Trinajstić information content (AvgIpc) is 2.51. The topological polar surface area (TPSA) is 59.6 Å². The van der Waals surface area contributed by atoms with E-state index in [4.69, 9.17) is 29.6 Å². The maximum atomic E-state index is 6.05. The van der Waals surface area contributed by atoms with Gasteiger partial charge in [0.25, 0.3) is 0 Å². The summed E-state index contributed by atoms with van der Waals surface area (Å²) in [4.78, 5) is 0. The first-order chi connectivity index (χ1) is 7.09. The average molecular weight is 306 g/mol. The predicted molar refractivity (Wildman–Crippen MR) is 65.9 cm³/mol. The number of H-pyrrole nitrogens is 1. The number of hydrogen-bond acceptors (Lipinski definition) is 3. The molecule has 1 aromatic heterocycles. The third-order valence-electron chi connectivity index (χ3n) is 1.85. The molecule has 0 saturated heterocycles.